The van der Waals surface area contributed by atoms with Gasteiger partial charge in [0.15, 0.2) is 0 Å². The van der Waals surface area contributed by atoms with E-state index in [9.17, 15) is 14.4 Å². The highest BCUT2D eigenvalue weighted by molar-refractivity contribution is 5.77. The minimum atomic E-state index is -0.494. The first-order chi connectivity index (χ1) is 17.2. The van der Waals surface area contributed by atoms with E-state index in [4.69, 9.17) is 9.57 Å². The molecule has 0 unspecified atom stereocenters. The van der Waals surface area contributed by atoms with Crippen molar-refractivity contribution in [2.45, 2.75) is 89.8 Å². The van der Waals surface area contributed by atoms with Gasteiger partial charge in [-0.05, 0) is 70.3 Å². The molecule has 196 valence electrons. The zero-order valence-corrected chi connectivity index (χ0v) is 21.6. The number of benzene rings is 1. The fraction of sp³-hybridized carbons (Fsp3) is 0.667. The lowest BCUT2D eigenvalue weighted by molar-refractivity contribution is -0.141. The summed E-state index contributed by atoms with van der Waals surface area (Å²) in [5, 5.41) is 1.52. The van der Waals surface area contributed by atoms with Gasteiger partial charge in [0.25, 0.3) is 0 Å². The topological polar surface area (TPSA) is 82.6 Å². The van der Waals surface area contributed by atoms with Crippen LogP contribution in [0, 0.1) is 5.41 Å². The summed E-state index contributed by atoms with van der Waals surface area (Å²) < 4.78 is 5.52. The van der Waals surface area contributed by atoms with Crippen LogP contribution in [0.5, 0.6) is 0 Å². The summed E-state index contributed by atoms with van der Waals surface area (Å²) in [4.78, 5) is 49.2. The first kappa shape index (κ1) is 24.9. The van der Waals surface area contributed by atoms with Crippen molar-refractivity contribution in [1.29, 1.82) is 0 Å². The van der Waals surface area contributed by atoms with Gasteiger partial charge in [-0.2, -0.15) is 5.06 Å². The number of amides is 4. The van der Waals surface area contributed by atoms with Crippen LogP contribution in [0.1, 0.15) is 64.9 Å². The number of ether oxygens (including phenoxy) is 1. The highest BCUT2D eigenvalue weighted by Crippen LogP contribution is 2.52. The highest BCUT2D eigenvalue weighted by atomic mass is 16.7. The summed E-state index contributed by atoms with van der Waals surface area (Å²) in [6, 6.07) is 9.83. The molecule has 2 atom stereocenters. The summed E-state index contributed by atoms with van der Waals surface area (Å²) in [5.74, 6) is 0. The van der Waals surface area contributed by atoms with Gasteiger partial charge in [0.05, 0.1) is 6.04 Å². The minimum absolute atomic E-state index is 0.0240. The summed E-state index contributed by atoms with van der Waals surface area (Å²) in [5.41, 5.74) is 0.693. The average molecular weight is 499 g/mol. The van der Waals surface area contributed by atoms with Gasteiger partial charge in [-0.15, -0.1) is 0 Å². The number of hydroxylamine groups is 2. The molecule has 4 aliphatic rings. The quantitative estimate of drug-likeness (QED) is 0.554. The molecule has 1 aliphatic carbocycles. The molecule has 1 spiro atoms. The maximum absolute atomic E-state index is 13.2. The Balaban J connectivity index is 1.14. The number of piperidine rings is 2. The van der Waals surface area contributed by atoms with Crippen molar-refractivity contribution in [3.05, 3.63) is 35.9 Å². The molecule has 4 amide bonds. The van der Waals surface area contributed by atoms with Gasteiger partial charge in [-0.25, -0.2) is 9.59 Å². The van der Waals surface area contributed by atoms with Crippen LogP contribution in [0.15, 0.2) is 30.3 Å². The van der Waals surface area contributed by atoms with Crippen LogP contribution in [-0.2, 0) is 21.0 Å². The third-order valence-corrected chi connectivity index (χ3v) is 8.20. The predicted molar refractivity (Wildman–Crippen MR) is 132 cm³/mol. The molecule has 36 heavy (non-hydrogen) atoms. The van der Waals surface area contributed by atoms with E-state index in [-0.39, 0.29) is 35.8 Å². The Hall–Kier alpha value is -2.81. The van der Waals surface area contributed by atoms with Crippen molar-refractivity contribution in [3.63, 3.8) is 0 Å². The molecule has 3 aliphatic heterocycles. The first-order valence-corrected chi connectivity index (χ1v) is 13.2. The third kappa shape index (κ3) is 4.90. The normalized spacial score (nSPS) is 25.6. The summed E-state index contributed by atoms with van der Waals surface area (Å²) >= 11 is 0. The Kier molecular flexibility index (Phi) is 6.61. The minimum Gasteiger partial charge on any atom is -0.444 e. The second-order valence-electron chi connectivity index (χ2n) is 11.8. The van der Waals surface area contributed by atoms with Gasteiger partial charge < -0.3 is 19.4 Å². The molecule has 0 N–H and O–H groups in total. The molecule has 3 heterocycles. The molecule has 0 aromatic heterocycles. The Bertz CT molecular complexity index is 964. The standard InChI is InChI=1S/C27H38N4O5/c1-26(2,3)36-25(34)28-13-11-27(12-14-28)15-22(16-27)30(19-32)23-10-9-21-17-29(23)24(33)31(21)35-18-20-7-5-4-6-8-20/h4-8,19,21-23H,9-18H2,1-3H3/t21-,23-/m1/s1. The molecular weight excluding hydrogens is 460 g/mol. The maximum Gasteiger partial charge on any atom is 0.410 e. The molecule has 5 rings (SSSR count). The lowest BCUT2D eigenvalue weighted by Gasteiger charge is -2.56. The number of hydrogen-bond acceptors (Lipinski definition) is 5. The zero-order valence-electron chi connectivity index (χ0n) is 21.6. The Morgan fingerprint density at radius 1 is 1.14 bits per heavy atom. The third-order valence-electron chi connectivity index (χ3n) is 8.20. The van der Waals surface area contributed by atoms with E-state index in [1.165, 1.54) is 5.06 Å². The molecule has 3 saturated heterocycles. The number of likely N-dealkylation sites (tertiary alicyclic amines) is 1. The molecule has 9 heteroatoms. The van der Waals surface area contributed by atoms with Crippen LogP contribution in [0.25, 0.3) is 0 Å². The smallest absolute Gasteiger partial charge is 0.410 e. The molecule has 0 radical (unpaired) electrons. The number of nitrogens with zero attached hydrogens (tertiary/aromatic N) is 4. The van der Waals surface area contributed by atoms with Crippen LogP contribution >= 0.6 is 0 Å². The molecule has 2 bridgehead atoms. The van der Waals surface area contributed by atoms with E-state index in [0.717, 1.165) is 50.5 Å². The SMILES string of the molecule is CC(C)(C)OC(=O)N1CCC2(CC1)CC(N(C=O)[C@@H]1CC[C@@H]3CN1C(=O)N3OCc1ccccc1)C2. The van der Waals surface area contributed by atoms with Crippen LogP contribution in [0.4, 0.5) is 9.59 Å². The Morgan fingerprint density at radius 2 is 1.83 bits per heavy atom. The maximum atomic E-state index is 13.2. The van der Waals surface area contributed by atoms with Crippen LogP contribution in [0.2, 0.25) is 0 Å². The Morgan fingerprint density at radius 3 is 2.47 bits per heavy atom. The van der Waals surface area contributed by atoms with E-state index in [0.29, 0.717) is 26.2 Å². The fourth-order valence-electron chi connectivity index (χ4n) is 6.25. The van der Waals surface area contributed by atoms with Crippen molar-refractivity contribution in [2.75, 3.05) is 19.6 Å². The van der Waals surface area contributed by atoms with Crippen molar-refractivity contribution < 1.29 is 24.0 Å². The van der Waals surface area contributed by atoms with E-state index in [1.54, 1.807) is 4.90 Å². The molecule has 1 aromatic rings. The zero-order chi connectivity index (χ0) is 25.5. The van der Waals surface area contributed by atoms with Gasteiger partial charge in [0, 0.05) is 25.7 Å². The second-order valence-corrected chi connectivity index (χ2v) is 11.8. The van der Waals surface area contributed by atoms with Crippen molar-refractivity contribution in [1.82, 2.24) is 19.8 Å². The number of hydrogen-bond donors (Lipinski definition) is 0. The largest absolute Gasteiger partial charge is 0.444 e. The lowest BCUT2D eigenvalue weighted by Crippen LogP contribution is -2.61. The van der Waals surface area contributed by atoms with Gasteiger partial charge >= 0.3 is 12.1 Å². The lowest BCUT2D eigenvalue weighted by atomic mass is 9.60. The molecule has 1 aromatic carbocycles. The van der Waals surface area contributed by atoms with Crippen LogP contribution in [-0.4, -0.2) is 81.8 Å². The molecule has 9 nitrogen and oxygen atoms in total. The van der Waals surface area contributed by atoms with E-state index < -0.39 is 5.60 Å². The van der Waals surface area contributed by atoms with Crippen molar-refractivity contribution in [3.8, 4) is 0 Å². The summed E-state index contributed by atoms with van der Waals surface area (Å²) in [6.45, 7) is 7.96. The number of fused-ring (bicyclic) bond motifs is 2. The molecule has 1 saturated carbocycles. The monoisotopic (exact) mass is 498 g/mol. The average Bonchev–Trinajstić information content (AvgIpc) is 3.07. The number of rotatable bonds is 6. The molecule has 4 fully saturated rings. The van der Waals surface area contributed by atoms with E-state index in [1.807, 2.05) is 60.9 Å². The van der Waals surface area contributed by atoms with Crippen LogP contribution < -0.4 is 0 Å². The summed E-state index contributed by atoms with van der Waals surface area (Å²) in [6.07, 6.45) is 5.72. The predicted octanol–water partition coefficient (Wildman–Crippen LogP) is 3.98. The van der Waals surface area contributed by atoms with Gasteiger partial charge in [0.1, 0.15) is 18.4 Å². The van der Waals surface area contributed by atoms with E-state index >= 15 is 0 Å². The number of carbonyl (C=O) groups excluding carboxylic acids is 3. The first-order valence-electron chi connectivity index (χ1n) is 13.2. The number of carbonyl (C=O) groups is 3. The van der Waals surface area contributed by atoms with Crippen LogP contribution in [0.3, 0.4) is 0 Å². The van der Waals surface area contributed by atoms with Crippen molar-refractivity contribution in [2.24, 2.45) is 5.41 Å². The fourth-order valence-corrected chi connectivity index (χ4v) is 6.25. The second kappa shape index (κ2) is 9.57. The summed E-state index contributed by atoms with van der Waals surface area (Å²) in [7, 11) is 0. The van der Waals surface area contributed by atoms with Gasteiger partial charge in [0.2, 0.25) is 6.41 Å². The molecular formula is C27H38N4O5. The van der Waals surface area contributed by atoms with E-state index in [2.05, 4.69) is 0 Å². The Labute approximate surface area is 213 Å². The van der Waals surface area contributed by atoms with Gasteiger partial charge in [-0.1, -0.05) is 30.3 Å². The number of urea groups is 1. The van der Waals surface area contributed by atoms with Crippen molar-refractivity contribution >= 4 is 18.5 Å². The van der Waals surface area contributed by atoms with Gasteiger partial charge in [-0.3, -0.25) is 9.63 Å². The highest BCUT2D eigenvalue weighted by Gasteiger charge is 2.53.